The minimum absolute atomic E-state index is 0.122. The first-order chi connectivity index (χ1) is 7.47. The first-order valence-corrected chi connectivity index (χ1v) is 5.36. The average Bonchev–Trinajstić information content (AvgIpc) is 2.19. The fourth-order valence-corrected chi connectivity index (χ4v) is 1.66. The van der Waals surface area contributed by atoms with Gasteiger partial charge < -0.3 is 4.74 Å². The SMILES string of the molecule is CC(C)c1cc(F)cc(C(C)C)c1OC#N. The summed E-state index contributed by atoms with van der Waals surface area (Å²) in [5.41, 5.74) is 1.48. The molecule has 0 atom stereocenters. The van der Waals surface area contributed by atoms with Gasteiger partial charge in [0, 0.05) is 11.1 Å². The summed E-state index contributed by atoms with van der Waals surface area (Å²) in [6.45, 7) is 7.79. The van der Waals surface area contributed by atoms with Crippen molar-refractivity contribution in [1.82, 2.24) is 0 Å². The van der Waals surface area contributed by atoms with E-state index in [0.29, 0.717) is 5.75 Å². The predicted molar refractivity (Wildman–Crippen MR) is 60.8 cm³/mol. The number of rotatable bonds is 3. The number of halogens is 1. The monoisotopic (exact) mass is 221 g/mol. The first kappa shape index (κ1) is 12.5. The van der Waals surface area contributed by atoms with Crippen molar-refractivity contribution < 1.29 is 9.13 Å². The van der Waals surface area contributed by atoms with Crippen LogP contribution in [0.25, 0.3) is 0 Å². The fraction of sp³-hybridized carbons (Fsp3) is 0.462. The van der Waals surface area contributed by atoms with Gasteiger partial charge in [-0.05, 0) is 24.0 Å². The molecule has 0 unspecified atom stereocenters. The van der Waals surface area contributed by atoms with E-state index in [2.05, 4.69) is 0 Å². The molecule has 0 saturated heterocycles. The molecule has 0 spiro atoms. The zero-order valence-electron chi connectivity index (χ0n) is 10.0. The zero-order chi connectivity index (χ0) is 12.3. The average molecular weight is 221 g/mol. The molecule has 0 N–H and O–H groups in total. The quantitative estimate of drug-likeness (QED) is 0.724. The van der Waals surface area contributed by atoms with E-state index in [9.17, 15) is 4.39 Å². The molecule has 0 aromatic heterocycles. The molecule has 1 rings (SSSR count). The Morgan fingerprint density at radius 1 is 1.12 bits per heavy atom. The number of nitrogens with zero attached hydrogens (tertiary/aromatic N) is 1. The van der Waals surface area contributed by atoms with E-state index in [0.717, 1.165) is 11.1 Å². The minimum atomic E-state index is -0.280. The molecule has 0 amide bonds. The Hall–Kier alpha value is -1.56. The molecular weight excluding hydrogens is 205 g/mol. The van der Waals surface area contributed by atoms with Crippen molar-refractivity contribution in [1.29, 1.82) is 5.26 Å². The molecule has 0 aliphatic rings. The lowest BCUT2D eigenvalue weighted by Crippen LogP contribution is -2.01. The molecule has 0 radical (unpaired) electrons. The second-order valence-electron chi connectivity index (χ2n) is 4.42. The number of benzene rings is 1. The van der Waals surface area contributed by atoms with E-state index in [4.69, 9.17) is 10.00 Å². The fourth-order valence-electron chi connectivity index (χ4n) is 1.66. The second-order valence-corrected chi connectivity index (χ2v) is 4.42. The Morgan fingerprint density at radius 3 is 1.88 bits per heavy atom. The molecular formula is C13H16FNO. The lowest BCUT2D eigenvalue weighted by Gasteiger charge is -2.16. The maximum atomic E-state index is 13.4. The molecule has 0 fully saturated rings. The highest BCUT2D eigenvalue weighted by Gasteiger charge is 2.17. The van der Waals surface area contributed by atoms with Crippen LogP contribution in [0.4, 0.5) is 4.39 Å². The summed E-state index contributed by atoms with van der Waals surface area (Å²) < 4.78 is 18.4. The molecule has 1 aromatic rings. The van der Waals surface area contributed by atoms with Crippen LogP contribution >= 0.6 is 0 Å². The molecule has 1 aromatic carbocycles. The summed E-state index contributed by atoms with van der Waals surface area (Å²) in [6, 6.07) is 2.87. The molecule has 0 bridgehead atoms. The number of hydrogen-bond donors (Lipinski definition) is 0. The molecule has 86 valence electrons. The van der Waals surface area contributed by atoms with Crippen LogP contribution in [0.5, 0.6) is 5.75 Å². The van der Waals surface area contributed by atoms with E-state index in [1.54, 1.807) is 6.26 Å². The van der Waals surface area contributed by atoms with Gasteiger partial charge in [-0.15, -0.1) is 5.26 Å². The maximum absolute atomic E-state index is 13.4. The first-order valence-electron chi connectivity index (χ1n) is 5.36. The lowest BCUT2D eigenvalue weighted by atomic mass is 9.94. The van der Waals surface area contributed by atoms with Crippen molar-refractivity contribution in [2.75, 3.05) is 0 Å². The lowest BCUT2D eigenvalue weighted by molar-refractivity contribution is 0.481. The van der Waals surface area contributed by atoms with Gasteiger partial charge in [0.1, 0.15) is 11.6 Å². The second kappa shape index (κ2) is 4.98. The summed E-state index contributed by atoms with van der Waals surface area (Å²) >= 11 is 0. The summed E-state index contributed by atoms with van der Waals surface area (Å²) in [7, 11) is 0. The van der Waals surface area contributed by atoms with E-state index >= 15 is 0 Å². The van der Waals surface area contributed by atoms with Crippen LogP contribution in [0.15, 0.2) is 12.1 Å². The summed E-state index contributed by atoms with van der Waals surface area (Å²) in [6.07, 6.45) is 1.67. The zero-order valence-corrected chi connectivity index (χ0v) is 10.0. The molecule has 3 heteroatoms. The number of hydrogen-bond acceptors (Lipinski definition) is 2. The Labute approximate surface area is 95.7 Å². The topological polar surface area (TPSA) is 33.0 Å². The van der Waals surface area contributed by atoms with E-state index in [-0.39, 0.29) is 17.7 Å². The van der Waals surface area contributed by atoms with E-state index < -0.39 is 0 Å². The van der Waals surface area contributed by atoms with Gasteiger partial charge in [-0.3, -0.25) is 0 Å². The standard InChI is InChI=1S/C13H16FNO/c1-8(2)11-5-10(14)6-12(9(3)4)13(11)16-7-15/h5-6,8-9H,1-4H3. The third kappa shape index (κ3) is 2.52. The molecule has 0 saturated carbocycles. The van der Waals surface area contributed by atoms with Gasteiger partial charge in [0.25, 0.3) is 6.26 Å². The van der Waals surface area contributed by atoms with Crippen LogP contribution in [0.3, 0.4) is 0 Å². The predicted octanol–water partition coefficient (Wildman–Crippen LogP) is 3.93. The Kier molecular flexibility index (Phi) is 3.89. The van der Waals surface area contributed by atoms with E-state index in [1.165, 1.54) is 12.1 Å². The molecule has 0 aliphatic carbocycles. The molecule has 0 heterocycles. The van der Waals surface area contributed by atoms with Crippen LogP contribution in [-0.2, 0) is 0 Å². The van der Waals surface area contributed by atoms with Gasteiger partial charge in [0.05, 0.1) is 0 Å². The third-order valence-electron chi connectivity index (χ3n) is 2.50. The van der Waals surface area contributed by atoms with Gasteiger partial charge in [-0.1, -0.05) is 27.7 Å². The number of nitriles is 1. The summed E-state index contributed by atoms with van der Waals surface area (Å²) in [5.74, 6) is 0.472. The van der Waals surface area contributed by atoms with Crippen LogP contribution in [-0.4, -0.2) is 0 Å². The molecule has 16 heavy (non-hydrogen) atoms. The van der Waals surface area contributed by atoms with Crippen molar-refractivity contribution in [3.05, 3.63) is 29.1 Å². The van der Waals surface area contributed by atoms with E-state index in [1.807, 2.05) is 27.7 Å². The van der Waals surface area contributed by atoms with Crippen LogP contribution in [0.2, 0.25) is 0 Å². The summed E-state index contributed by atoms with van der Waals surface area (Å²) in [5, 5.41) is 8.64. The highest BCUT2D eigenvalue weighted by molar-refractivity contribution is 5.46. The van der Waals surface area contributed by atoms with Gasteiger partial charge in [-0.25, -0.2) is 4.39 Å². The number of ether oxygens (including phenoxy) is 1. The smallest absolute Gasteiger partial charge is 0.292 e. The largest absolute Gasteiger partial charge is 0.387 e. The van der Waals surface area contributed by atoms with Crippen molar-refractivity contribution in [3.8, 4) is 12.0 Å². The van der Waals surface area contributed by atoms with Crippen LogP contribution in [0, 0.1) is 17.3 Å². The van der Waals surface area contributed by atoms with Gasteiger partial charge >= 0.3 is 0 Å². The molecule has 0 aliphatic heterocycles. The van der Waals surface area contributed by atoms with Crippen molar-refractivity contribution in [3.63, 3.8) is 0 Å². The summed E-state index contributed by atoms with van der Waals surface area (Å²) in [4.78, 5) is 0. The van der Waals surface area contributed by atoms with Gasteiger partial charge in [-0.2, -0.15) is 0 Å². The van der Waals surface area contributed by atoms with Gasteiger partial charge in [0.15, 0.2) is 0 Å². The Bertz CT molecular complexity index is 389. The van der Waals surface area contributed by atoms with Crippen molar-refractivity contribution in [2.24, 2.45) is 0 Å². The van der Waals surface area contributed by atoms with Crippen LogP contribution < -0.4 is 4.74 Å². The normalized spacial score (nSPS) is 10.6. The van der Waals surface area contributed by atoms with Crippen molar-refractivity contribution in [2.45, 2.75) is 39.5 Å². The Balaban J connectivity index is 3.42. The van der Waals surface area contributed by atoms with Crippen molar-refractivity contribution >= 4 is 0 Å². The van der Waals surface area contributed by atoms with Crippen LogP contribution in [0.1, 0.15) is 50.7 Å². The highest BCUT2D eigenvalue weighted by atomic mass is 19.1. The Morgan fingerprint density at radius 2 is 1.56 bits per heavy atom. The minimum Gasteiger partial charge on any atom is -0.387 e. The van der Waals surface area contributed by atoms with Gasteiger partial charge in [0.2, 0.25) is 0 Å². The third-order valence-corrected chi connectivity index (χ3v) is 2.50. The maximum Gasteiger partial charge on any atom is 0.292 e. The molecule has 2 nitrogen and oxygen atoms in total. The highest BCUT2D eigenvalue weighted by Crippen LogP contribution is 2.35.